The van der Waals surface area contributed by atoms with Gasteiger partial charge in [0.25, 0.3) is 5.91 Å². The van der Waals surface area contributed by atoms with E-state index in [2.05, 4.69) is 27.9 Å². The number of phenols is 1. The van der Waals surface area contributed by atoms with Gasteiger partial charge in [0.1, 0.15) is 5.75 Å². The molecule has 0 saturated carbocycles. The first-order chi connectivity index (χ1) is 13.7. The number of nitrogens with one attached hydrogen (secondary N) is 1. The number of nitrogens with two attached hydrogens (primary N) is 1. The summed E-state index contributed by atoms with van der Waals surface area (Å²) in [5.74, 6) is -0.457. The molecule has 0 aliphatic heterocycles. The molecular weight excluding hydrogens is 637 g/mol. The van der Waals surface area contributed by atoms with E-state index in [1.165, 1.54) is 0 Å². The van der Waals surface area contributed by atoms with Crippen molar-refractivity contribution in [2.45, 2.75) is 13.0 Å². The number of anilines is 1. The Morgan fingerprint density at radius 1 is 1.10 bits per heavy atom. The Labute approximate surface area is 206 Å². The van der Waals surface area contributed by atoms with Gasteiger partial charge in [-0.25, -0.2) is 0 Å². The Hall–Kier alpha value is -1.07. The van der Waals surface area contributed by atoms with E-state index in [1.807, 2.05) is 47.7 Å². The van der Waals surface area contributed by atoms with Gasteiger partial charge in [-0.05, 0) is 99.1 Å². The van der Waals surface area contributed by atoms with Gasteiger partial charge in [-0.3, -0.25) is 4.79 Å². The van der Waals surface area contributed by atoms with Crippen molar-refractivity contribution in [1.82, 2.24) is 0 Å². The van der Waals surface area contributed by atoms with Crippen LogP contribution in [0.1, 0.15) is 33.1 Å². The first-order valence-electron chi connectivity index (χ1n) is 8.48. The number of phenolic OH excluding ortho intramolecular Hbond substituents is 1. The van der Waals surface area contributed by atoms with Crippen LogP contribution in [-0.2, 0) is 0 Å². The van der Waals surface area contributed by atoms with Crippen molar-refractivity contribution in [3.05, 3.63) is 88.0 Å². The highest BCUT2D eigenvalue weighted by Crippen LogP contribution is 2.33. The molecule has 8 heteroatoms. The Kier molecular flexibility index (Phi) is 7.32. The molecule has 0 heterocycles. The largest absolute Gasteiger partial charge is 0.506 e. The van der Waals surface area contributed by atoms with E-state index >= 15 is 0 Å². The molecule has 4 nitrogen and oxygen atoms in total. The van der Waals surface area contributed by atoms with Crippen LogP contribution in [0.15, 0.2) is 48.5 Å². The molecule has 3 aromatic rings. The topological polar surface area (TPSA) is 75.3 Å². The summed E-state index contributed by atoms with van der Waals surface area (Å²) in [5, 5.41) is 14.1. The van der Waals surface area contributed by atoms with Crippen LogP contribution in [0, 0.1) is 14.1 Å². The fourth-order valence-electron chi connectivity index (χ4n) is 2.86. The Morgan fingerprint density at radius 2 is 1.76 bits per heavy atom. The molecule has 1 unspecified atom stereocenters. The number of benzene rings is 3. The summed E-state index contributed by atoms with van der Waals surface area (Å²) in [7, 11) is 0. The van der Waals surface area contributed by atoms with Gasteiger partial charge in [-0.1, -0.05) is 41.4 Å². The quantitative estimate of drug-likeness (QED) is 0.281. The van der Waals surface area contributed by atoms with Gasteiger partial charge < -0.3 is 16.2 Å². The molecule has 3 rings (SSSR count). The van der Waals surface area contributed by atoms with Gasteiger partial charge in [0.15, 0.2) is 0 Å². The molecule has 1 atom stereocenters. The number of carbonyl (C=O) groups excluding carboxylic acids is 1. The van der Waals surface area contributed by atoms with Crippen molar-refractivity contribution < 1.29 is 9.90 Å². The number of hydrogen-bond acceptors (Lipinski definition) is 3. The Balaban J connectivity index is 1.90. The number of hydrogen-bond donors (Lipinski definition) is 3. The molecule has 0 bridgehead atoms. The SMILES string of the molecule is Cc1cc(C(N)c2ccc(Cl)cc2)c(Cl)cc1NC(=O)c1cc(I)cc(I)c1O. The Bertz CT molecular complexity index is 1090. The average molecular weight is 653 g/mol. The summed E-state index contributed by atoms with van der Waals surface area (Å²) in [5.41, 5.74) is 9.58. The van der Waals surface area contributed by atoms with E-state index in [9.17, 15) is 9.90 Å². The fraction of sp³-hybridized carbons (Fsp3) is 0.0952. The van der Waals surface area contributed by atoms with Gasteiger partial charge in [-0.2, -0.15) is 0 Å². The minimum absolute atomic E-state index is 0.0475. The summed E-state index contributed by atoms with van der Waals surface area (Å²) in [6, 6.07) is 13.8. The molecule has 0 aliphatic rings. The number of halogens is 4. The van der Waals surface area contributed by atoms with E-state index in [-0.39, 0.29) is 11.3 Å². The molecule has 0 aliphatic carbocycles. The van der Waals surface area contributed by atoms with Crippen molar-refractivity contribution in [2.75, 3.05) is 5.32 Å². The molecule has 0 spiro atoms. The van der Waals surface area contributed by atoms with E-state index in [4.69, 9.17) is 28.9 Å². The molecule has 29 heavy (non-hydrogen) atoms. The predicted molar refractivity (Wildman–Crippen MR) is 135 cm³/mol. The van der Waals surface area contributed by atoms with Crippen LogP contribution in [0.5, 0.6) is 5.75 Å². The zero-order valence-corrected chi connectivity index (χ0v) is 21.0. The minimum atomic E-state index is -0.426. The second-order valence-corrected chi connectivity index (χ2v) is 9.71. The van der Waals surface area contributed by atoms with Crippen LogP contribution in [0.4, 0.5) is 5.69 Å². The molecule has 0 fully saturated rings. The van der Waals surface area contributed by atoms with Crippen molar-refractivity contribution in [3.8, 4) is 5.75 Å². The summed E-state index contributed by atoms with van der Waals surface area (Å²) in [6.07, 6.45) is 0. The Morgan fingerprint density at radius 3 is 2.41 bits per heavy atom. The fourth-order valence-corrected chi connectivity index (χ4v) is 5.11. The standard InChI is InChI=1S/C21H16Cl2I2N2O2/c1-10-6-14(19(26)11-2-4-12(22)5-3-11)16(23)9-18(10)27-21(29)15-7-13(24)8-17(25)20(15)28/h2-9,19,28H,26H2,1H3,(H,27,29). The van der Waals surface area contributed by atoms with E-state index in [0.29, 0.717) is 19.3 Å². The lowest BCUT2D eigenvalue weighted by Crippen LogP contribution is -2.16. The van der Waals surface area contributed by atoms with Gasteiger partial charge in [-0.15, -0.1) is 0 Å². The summed E-state index contributed by atoms with van der Waals surface area (Å²) >= 11 is 16.5. The van der Waals surface area contributed by atoms with E-state index in [1.54, 1.807) is 30.3 Å². The highest BCUT2D eigenvalue weighted by Gasteiger charge is 2.19. The van der Waals surface area contributed by atoms with E-state index < -0.39 is 11.9 Å². The second kappa shape index (κ2) is 9.38. The highest BCUT2D eigenvalue weighted by molar-refractivity contribution is 14.1. The van der Waals surface area contributed by atoms with Crippen LogP contribution in [-0.4, -0.2) is 11.0 Å². The first-order valence-corrected chi connectivity index (χ1v) is 11.4. The molecule has 0 saturated heterocycles. The van der Waals surface area contributed by atoms with Crippen molar-refractivity contribution in [1.29, 1.82) is 0 Å². The van der Waals surface area contributed by atoms with Gasteiger partial charge in [0.2, 0.25) is 0 Å². The maximum Gasteiger partial charge on any atom is 0.259 e. The second-order valence-electron chi connectivity index (χ2n) is 6.46. The normalized spacial score (nSPS) is 11.9. The van der Waals surface area contributed by atoms with Crippen molar-refractivity contribution in [2.24, 2.45) is 5.73 Å². The maximum absolute atomic E-state index is 12.7. The molecule has 4 N–H and O–H groups in total. The van der Waals surface area contributed by atoms with E-state index in [0.717, 1.165) is 20.3 Å². The zero-order valence-electron chi connectivity index (χ0n) is 15.1. The zero-order chi connectivity index (χ0) is 21.3. The van der Waals surface area contributed by atoms with Gasteiger partial charge >= 0.3 is 0 Å². The molecule has 3 aromatic carbocycles. The van der Waals surface area contributed by atoms with Crippen LogP contribution in [0.3, 0.4) is 0 Å². The molecule has 0 aromatic heterocycles. The average Bonchev–Trinajstić information content (AvgIpc) is 2.67. The van der Waals surface area contributed by atoms with Crippen LogP contribution in [0.25, 0.3) is 0 Å². The number of carbonyl (C=O) groups is 1. The number of aryl methyl sites for hydroxylation is 1. The number of aromatic hydroxyl groups is 1. The lowest BCUT2D eigenvalue weighted by Gasteiger charge is -2.18. The van der Waals surface area contributed by atoms with Gasteiger partial charge in [0, 0.05) is 19.3 Å². The van der Waals surface area contributed by atoms with Crippen molar-refractivity contribution in [3.63, 3.8) is 0 Å². The van der Waals surface area contributed by atoms with Crippen LogP contribution in [0.2, 0.25) is 10.0 Å². The number of rotatable bonds is 4. The lowest BCUT2D eigenvalue weighted by atomic mass is 9.97. The summed E-state index contributed by atoms with van der Waals surface area (Å²) in [6.45, 7) is 1.86. The first kappa shape index (κ1) is 22.6. The minimum Gasteiger partial charge on any atom is -0.506 e. The molecule has 150 valence electrons. The third-order valence-corrected chi connectivity index (χ3v) is 6.45. The lowest BCUT2D eigenvalue weighted by molar-refractivity contribution is 0.102. The van der Waals surface area contributed by atoms with Crippen molar-refractivity contribution >= 4 is 80.0 Å². The third kappa shape index (κ3) is 5.16. The smallest absolute Gasteiger partial charge is 0.259 e. The summed E-state index contributed by atoms with van der Waals surface area (Å²) in [4.78, 5) is 12.7. The summed E-state index contributed by atoms with van der Waals surface area (Å²) < 4.78 is 1.47. The monoisotopic (exact) mass is 652 g/mol. The molecule has 1 amide bonds. The van der Waals surface area contributed by atoms with Gasteiger partial charge in [0.05, 0.1) is 15.2 Å². The highest BCUT2D eigenvalue weighted by atomic mass is 127. The third-order valence-electron chi connectivity index (χ3n) is 4.43. The predicted octanol–water partition coefficient (Wildman–Crippen LogP) is 6.52. The van der Waals surface area contributed by atoms with Crippen LogP contribution < -0.4 is 11.1 Å². The molecule has 0 radical (unpaired) electrons. The number of amides is 1. The molecular formula is C21H16Cl2I2N2O2. The van der Waals surface area contributed by atoms with Crippen LogP contribution >= 0.6 is 68.4 Å². The maximum atomic E-state index is 12.7.